The van der Waals surface area contributed by atoms with E-state index in [1.165, 1.54) is 36.4 Å². The first-order valence-electron chi connectivity index (χ1n) is 9.17. The number of amides is 1. The molecule has 2 heterocycles. The minimum Gasteiger partial charge on any atom is -0.395 e. The number of carbonyl (C=O) groups is 1. The monoisotopic (exact) mass is 434 g/mol. The van der Waals surface area contributed by atoms with E-state index >= 15 is 4.39 Å². The molecule has 0 bridgehead atoms. The van der Waals surface area contributed by atoms with Crippen LogP contribution in [0.3, 0.4) is 0 Å². The molecule has 1 saturated heterocycles. The smallest absolute Gasteiger partial charge is 0.395 e. The number of carbonyl (C=O) groups excluding carboxylic acids is 1. The molecule has 3 atom stereocenters. The molecule has 3 unspecified atom stereocenters. The Labute approximate surface area is 172 Å². The molecule has 3 N–H and O–H groups in total. The first-order chi connectivity index (χ1) is 14.6. The lowest BCUT2D eigenvalue weighted by atomic mass is 9.68. The fraction of sp³-hybridized carbons (Fsp3) is 0.190. The van der Waals surface area contributed by atoms with Crippen molar-refractivity contribution in [2.24, 2.45) is 5.41 Å². The van der Waals surface area contributed by atoms with Crippen molar-refractivity contribution < 1.29 is 36.9 Å². The number of nitrogens with one attached hydrogen (secondary N) is 2. The van der Waals surface area contributed by atoms with E-state index in [-0.39, 0.29) is 28.2 Å². The molecule has 160 valence electrons. The van der Waals surface area contributed by atoms with Crippen molar-refractivity contribution in [3.05, 3.63) is 77.6 Å². The van der Waals surface area contributed by atoms with Gasteiger partial charge in [-0.1, -0.05) is 36.4 Å². The number of hydrogen-bond donors (Lipinski definition) is 3. The summed E-state index contributed by atoms with van der Waals surface area (Å²) in [6, 6.07) is 8.09. The average molecular weight is 434 g/mol. The third-order valence-electron chi connectivity index (χ3n) is 5.55. The number of hydrogen-bond acceptors (Lipinski definition) is 5. The highest BCUT2D eigenvalue weighted by atomic mass is 19.3. The van der Waals surface area contributed by atoms with Gasteiger partial charge in [0.1, 0.15) is 5.82 Å². The van der Waals surface area contributed by atoms with E-state index in [4.69, 9.17) is 0 Å². The molecule has 0 saturated carbocycles. The van der Waals surface area contributed by atoms with Gasteiger partial charge in [0.25, 0.3) is 5.91 Å². The second-order valence-electron chi connectivity index (χ2n) is 7.36. The van der Waals surface area contributed by atoms with Gasteiger partial charge in [-0.2, -0.15) is 0 Å². The zero-order chi connectivity index (χ0) is 22.0. The number of rotatable bonds is 2. The number of halogens is 4. The van der Waals surface area contributed by atoms with Crippen molar-refractivity contribution in [1.29, 1.82) is 0 Å². The maximum Gasteiger partial charge on any atom is 0.586 e. The number of allylic oxidation sites excluding steroid dienone is 2. The zero-order valence-electron chi connectivity index (χ0n) is 15.5. The lowest BCUT2D eigenvalue weighted by Gasteiger charge is -2.39. The van der Waals surface area contributed by atoms with Crippen LogP contribution in [-0.4, -0.2) is 23.2 Å². The van der Waals surface area contributed by atoms with Gasteiger partial charge >= 0.3 is 6.29 Å². The van der Waals surface area contributed by atoms with Crippen LogP contribution in [-0.2, 0) is 4.79 Å². The zero-order valence-corrected chi connectivity index (χ0v) is 15.5. The van der Waals surface area contributed by atoms with Gasteiger partial charge in [0.05, 0.1) is 6.04 Å². The van der Waals surface area contributed by atoms with Crippen LogP contribution in [0, 0.1) is 11.2 Å². The van der Waals surface area contributed by atoms with E-state index in [9.17, 15) is 23.1 Å². The number of benzene rings is 2. The van der Waals surface area contributed by atoms with E-state index in [0.29, 0.717) is 0 Å². The normalized spacial score (nSPS) is 30.4. The Kier molecular flexibility index (Phi) is 3.99. The van der Waals surface area contributed by atoms with Crippen molar-refractivity contribution >= 4 is 11.5 Å². The Morgan fingerprint density at radius 1 is 1.03 bits per heavy atom. The second-order valence-corrected chi connectivity index (χ2v) is 7.36. The molecule has 1 fully saturated rings. The van der Waals surface area contributed by atoms with E-state index < -0.39 is 35.3 Å². The molecular weight excluding hydrogens is 420 g/mol. The molecule has 2 aliphatic heterocycles. The summed E-state index contributed by atoms with van der Waals surface area (Å²) in [7, 11) is 0. The molecule has 2 aromatic carbocycles. The Morgan fingerprint density at radius 2 is 1.77 bits per heavy atom. The lowest BCUT2D eigenvalue weighted by Crippen LogP contribution is -2.51. The van der Waals surface area contributed by atoms with Crippen molar-refractivity contribution in [3.63, 3.8) is 0 Å². The van der Waals surface area contributed by atoms with Crippen molar-refractivity contribution in [2.45, 2.75) is 18.2 Å². The standard InChI is InChI=1S/C21H14F4N2O4/c22-14-4-2-1-3-13(14)12-7-8-20(23,29)19(10-12)17(26-27-18(19)28)11-5-6-15-16(9-11)31-21(24,25)30-15/h1-10,17,26,29H,(H,27,28). The van der Waals surface area contributed by atoms with Crippen molar-refractivity contribution in [3.8, 4) is 11.5 Å². The van der Waals surface area contributed by atoms with Crippen LogP contribution >= 0.6 is 0 Å². The van der Waals surface area contributed by atoms with Gasteiger partial charge in [-0.25, -0.2) is 14.2 Å². The van der Waals surface area contributed by atoms with Crippen molar-refractivity contribution in [2.75, 3.05) is 0 Å². The molecule has 6 nitrogen and oxygen atoms in total. The van der Waals surface area contributed by atoms with E-state index in [0.717, 1.165) is 18.2 Å². The summed E-state index contributed by atoms with van der Waals surface area (Å²) in [6.45, 7) is 0. The minimum absolute atomic E-state index is 0.0948. The maximum atomic E-state index is 15.5. The Bertz CT molecular complexity index is 1160. The summed E-state index contributed by atoms with van der Waals surface area (Å²) in [5.41, 5.74) is 2.99. The first kappa shape index (κ1) is 19.6. The Balaban J connectivity index is 1.64. The second kappa shape index (κ2) is 6.32. The van der Waals surface area contributed by atoms with Gasteiger partial charge in [0, 0.05) is 5.56 Å². The summed E-state index contributed by atoms with van der Waals surface area (Å²) in [4.78, 5) is 12.8. The minimum atomic E-state index is -3.86. The van der Waals surface area contributed by atoms with E-state index in [1.54, 1.807) is 6.07 Å². The molecular formula is C21H14F4N2O4. The summed E-state index contributed by atoms with van der Waals surface area (Å²) in [5, 5.41) is 10.6. The van der Waals surface area contributed by atoms with Crippen LogP contribution in [0.5, 0.6) is 11.5 Å². The largest absolute Gasteiger partial charge is 0.586 e. The molecule has 1 aliphatic carbocycles. The highest BCUT2D eigenvalue weighted by Gasteiger charge is 2.64. The molecule has 3 aliphatic rings. The van der Waals surface area contributed by atoms with Crippen LogP contribution in [0.25, 0.3) is 5.57 Å². The molecule has 0 aromatic heterocycles. The van der Waals surface area contributed by atoms with Gasteiger partial charge in [-0.15, -0.1) is 8.78 Å². The number of fused-ring (bicyclic) bond motifs is 1. The van der Waals surface area contributed by atoms with Crippen molar-refractivity contribution in [1.82, 2.24) is 10.9 Å². The average Bonchev–Trinajstić information content (AvgIpc) is 3.20. The maximum absolute atomic E-state index is 15.5. The molecule has 5 rings (SSSR count). The Morgan fingerprint density at radius 3 is 2.55 bits per heavy atom. The molecule has 2 aromatic rings. The van der Waals surface area contributed by atoms with Gasteiger partial charge in [0.15, 0.2) is 16.9 Å². The molecule has 0 radical (unpaired) electrons. The van der Waals surface area contributed by atoms with Gasteiger partial charge in [0.2, 0.25) is 5.85 Å². The topological polar surface area (TPSA) is 79.8 Å². The van der Waals surface area contributed by atoms with E-state index in [1.807, 2.05) is 0 Å². The highest BCUT2D eigenvalue weighted by molar-refractivity contribution is 5.93. The SMILES string of the molecule is O=C1NNC(c2ccc3c(c2)OC(F)(F)O3)C12C=C(c1ccccc1F)C=CC2(O)F. The predicted molar refractivity (Wildman–Crippen MR) is 98.7 cm³/mol. The Hall–Kier alpha value is -3.37. The van der Waals surface area contributed by atoms with Gasteiger partial charge in [-0.3, -0.25) is 10.2 Å². The van der Waals surface area contributed by atoms with Crippen LogP contribution in [0.4, 0.5) is 17.6 Å². The third kappa shape index (κ3) is 2.82. The highest BCUT2D eigenvalue weighted by Crippen LogP contribution is 2.53. The first-order valence-corrected chi connectivity index (χ1v) is 9.17. The quantitative estimate of drug-likeness (QED) is 0.633. The summed E-state index contributed by atoms with van der Waals surface area (Å²) in [6.07, 6.45) is -0.797. The summed E-state index contributed by atoms with van der Waals surface area (Å²) < 4.78 is 65.3. The summed E-state index contributed by atoms with van der Waals surface area (Å²) in [5.74, 6) is -5.26. The van der Waals surface area contributed by atoms with Gasteiger partial charge in [-0.05, 0) is 35.4 Å². The third-order valence-corrected chi connectivity index (χ3v) is 5.55. The van der Waals surface area contributed by atoms with Crippen LogP contribution in [0.2, 0.25) is 0 Å². The number of ether oxygens (including phenoxy) is 2. The predicted octanol–water partition coefficient (Wildman–Crippen LogP) is 3.12. The fourth-order valence-corrected chi connectivity index (χ4v) is 4.08. The molecule has 1 amide bonds. The number of alkyl halides is 3. The molecule has 1 spiro atoms. The van der Waals surface area contributed by atoms with Crippen LogP contribution in [0.1, 0.15) is 17.2 Å². The number of hydrazine groups is 1. The number of aliphatic hydroxyl groups is 1. The van der Waals surface area contributed by atoms with E-state index in [2.05, 4.69) is 20.3 Å². The molecule has 10 heteroatoms. The van der Waals surface area contributed by atoms with Gasteiger partial charge < -0.3 is 14.6 Å². The lowest BCUT2D eigenvalue weighted by molar-refractivity contribution is -0.286. The fourth-order valence-electron chi connectivity index (χ4n) is 4.08. The summed E-state index contributed by atoms with van der Waals surface area (Å²) >= 11 is 0. The molecule has 31 heavy (non-hydrogen) atoms. The van der Waals surface area contributed by atoms with Crippen LogP contribution in [0.15, 0.2) is 60.7 Å². The van der Waals surface area contributed by atoms with Crippen LogP contribution < -0.4 is 20.3 Å².